The highest BCUT2D eigenvalue weighted by atomic mass is 16.5. The van der Waals surface area contributed by atoms with E-state index in [9.17, 15) is 5.11 Å². The van der Waals surface area contributed by atoms with Crippen molar-refractivity contribution in [3.05, 3.63) is 29.8 Å². The van der Waals surface area contributed by atoms with Gasteiger partial charge in [-0.15, -0.1) is 0 Å². The lowest BCUT2D eigenvalue weighted by Crippen LogP contribution is -2.30. The van der Waals surface area contributed by atoms with Crippen molar-refractivity contribution in [3.63, 3.8) is 0 Å². The Bertz CT molecular complexity index is 314. The fourth-order valence-electron chi connectivity index (χ4n) is 1.76. The molecular formula is C12H19NO2. The van der Waals surface area contributed by atoms with Crippen LogP contribution >= 0.6 is 0 Å². The van der Waals surface area contributed by atoms with Crippen molar-refractivity contribution in [3.8, 4) is 5.75 Å². The van der Waals surface area contributed by atoms with Crippen molar-refractivity contribution >= 4 is 0 Å². The molecule has 1 atom stereocenters. The molecule has 0 aliphatic carbocycles. The molecule has 0 aliphatic heterocycles. The minimum atomic E-state index is -0.318. The first-order valence-corrected chi connectivity index (χ1v) is 5.12. The summed E-state index contributed by atoms with van der Waals surface area (Å²) in [6.07, 6.45) is 0.740. The Morgan fingerprint density at radius 2 is 2.07 bits per heavy atom. The van der Waals surface area contributed by atoms with E-state index in [1.165, 1.54) is 0 Å². The molecule has 0 fully saturated rings. The van der Waals surface area contributed by atoms with E-state index >= 15 is 0 Å². The summed E-state index contributed by atoms with van der Waals surface area (Å²) in [5.41, 5.74) is 6.26. The number of para-hydroxylation sites is 1. The summed E-state index contributed by atoms with van der Waals surface area (Å²) >= 11 is 0. The average Bonchev–Trinajstić information content (AvgIpc) is 2.29. The van der Waals surface area contributed by atoms with Crippen molar-refractivity contribution in [2.24, 2.45) is 5.73 Å². The third kappa shape index (κ3) is 2.49. The first kappa shape index (κ1) is 12.0. The molecule has 0 saturated carbocycles. The normalized spacial score (nSPS) is 14.7. The third-order valence-corrected chi connectivity index (χ3v) is 2.80. The predicted molar refractivity (Wildman–Crippen MR) is 61.1 cm³/mol. The zero-order valence-electron chi connectivity index (χ0n) is 9.36. The summed E-state index contributed by atoms with van der Waals surface area (Å²) in [5.74, 6) is 0.808. The minimum Gasteiger partial charge on any atom is -0.496 e. The smallest absolute Gasteiger partial charge is 0.122 e. The van der Waals surface area contributed by atoms with Crippen LogP contribution < -0.4 is 10.5 Å². The topological polar surface area (TPSA) is 55.5 Å². The van der Waals surface area contributed by atoms with Gasteiger partial charge in [0.1, 0.15) is 5.75 Å². The van der Waals surface area contributed by atoms with Crippen molar-refractivity contribution < 1.29 is 9.84 Å². The van der Waals surface area contributed by atoms with Crippen molar-refractivity contribution in [1.29, 1.82) is 0 Å². The number of methoxy groups -OCH3 is 1. The van der Waals surface area contributed by atoms with E-state index in [1.807, 2.05) is 31.2 Å². The summed E-state index contributed by atoms with van der Waals surface area (Å²) in [6.45, 7) is 2.62. The highest BCUT2D eigenvalue weighted by Crippen LogP contribution is 2.33. The first-order chi connectivity index (χ1) is 7.18. The molecule has 1 aromatic rings. The van der Waals surface area contributed by atoms with Gasteiger partial charge in [-0.3, -0.25) is 0 Å². The first-order valence-electron chi connectivity index (χ1n) is 5.12. The van der Waals surface area contributed by atoms with Crippen LogP contribution in [0.25, 0.3) is 0 Å². The Hall–Kier alpha value is -1.06. The van der Waals surface area contributed by atoms with E-state index in [-0.39, 0.29) is 12.0 Å². The molecule has 1 aromatic carbocycles. The van der Waals surface area contributed by atoms with E-state index < -0.39 is 0 Å². The SMILES string of the molecule is COc1ccccc1C(C)(CO)CCN. The molecule has 1 rings (SSSR count). The number of benzene rings is 1. The van der Waals surface area contributed by atoms with Gasteiger partial charge in [0.15, 0.2) is 0 Å². The van der Waals surface area contributed by atoms with Gasteiger partial charge in [-0.25, -0.2) is 0 Å². The lowest BCUT2D eigenvalue weighted by Gasteiger charge is -2.28. The maximum atomic E-state index is 9.48. The second-order valence-electron chi connectivity index (χ2n) is 3.96. The minimum absolute atomic E-state index is 0.0740. The van der Waals surface area contributed by atoms with Crippen LogP contribution in [0.15, 0.2) is 24.3 Å². The van der Waals surface area contributed by atoms with Crippen LogP contribution in [0.2, 0.25) is 0 Å². The Kier molecular flexibility index (Phi) is 4.12. The maximum Gasteiger partial charge on any atom is 0.122 e. The van der Waals surface area contributed by atoms with Crippen LogP contribution in [0.1, 0.15) is 18.9 Å². The molecule has 0 radical (unpaired) electrons. The molecule has 15 heavy (non-hydrogen) atoms. The van der Waals surface area contributed by atoms with Gasteiger partial charge in [0.2, 0.25) is 0 Å². The van der Waals surface area contributed by atoms with Gasteiger partial charge in [-0.1, -0.05) is 25.1 Å². The molecule has 3 N–H and O–H groups in total. The van der Waals surface area contributed by atoms with Crippen LogP contribution in [0, 0.1) is 0 Å². The number of hydrogen-bond donors (Lipinski definition) is 2. The fraction of sp³-hybridized carbons (Fsp3) is 0.500. The van der Waals surface area contributed by atoms with E-state index in [0.717, 1.165) is 17.7 Å². The highest BCUT2D eigenvalue weighted by Gasteiger charge is 2.27. The highest BCUT2D eigenvalue weighted by molar-refractivity contribution is 5.39. The number of rotatable bonds is 5. The molecule has 0 amide bonds. The van der Waals surface area contributed by atoms with E-state index in [4.69, 9.17) is 10.5 Å². The number of ether oxygens (including phenoxy) is 1. The second-order valence-corrected chi connectivity index (χ2v) is 3.96. The molecule has 84 valence electrons. The van der Waals surface area contributed by atoms with Crippen LogP contribution in [0.5, 0.6) is 5.75 Å². The van der Waals surface area contributed by atoms with Crippen LogP contribution in [-0.2, 0) is 5.41 Å². The largest absolute Gasteiger partial charge is 0.496 e. The number of nitrogens with two attached hydrogens (primary N) is 1. The molecule has 0 bridgehead atoms. The lowest BCUT2D eigenvalue weighted by molar-refractivity contribution is 0.195. The Morgan fingerprint density at radius 1 is 1.40 bits per heavy atom. The molecule has 3 heteroatoms. The lowest BCUT2D eigenvalue weighted by atomic mass is 9.80. The second kappa shape index (κ2) is 5.14. The standard InChI is InChI=1S/C12H19NO2/c1-12(9-14,7-8-13)10-5-3-4-6-11(10)15-2/h3-6,14H,7-9,13H2,1-2H3. The van der Waals surface area contributed by atoms with Gasteiger partial charge in [-0.05, 0) is 19.0 Å². The fourth-order valence-corrected chi connectivity index (χ4v) is 1.76. The monoisotopic (exact) mass is 209 g/mol. The van der Waals surface area contributed by atoms with Gasteiger partial charge in [0.05, 0.1) is 13.7 Å². The summed E-state index contributed by atoms with van der Waals surface area (Å²) < 4.78 is 5.29. The van der Waals surface area contributed by atoms with Crippen LogP contribution in [0.4, 0.5) is 0 Å². The Balaban J connectivity index is 3.10. The predicted octanol–water partition coefficient (Wildman–Crippen LogP) is 1.29. The average molecular weight is 209 g/mol. The van der Waals surface area contributed by atoms with Gasteiger partial charge < -0.3 is 15.6 Å². The van der Waals surface area contributed by atoms with Gasteiger partial charge in [0, 0.05) is 11.0 Å². The summed E-state index contributed by atoms with van der Waals surface area (Å²) in [5, 5.41) is 9.48. The summed E-state index contributed by atoms with van der Waals surface area (Å²) in [7, 11) is 1.64. The van der Waals surface area contributed by atoms with Crippen LogP contribution in [0.3, 0.4) is 0 Å². The number of hydrogen-bond acceptors (Lipinski definition) is 3. The Morgan fingerprint density at radius 3 is 2.60 bits per heavy atom. The molecule has 0 saturated heterocycles. The third-order valence-electron chi connectivity index (χ3n) is 2.80. The number of aliphatic hydroxyl groups is 1. The van der Waals surface area contributed by atoms with Crippen molar-refractivity contribution in [2.45, 2.75) is 18.8 Å². The zero-order valence-corrected chi connectivity index (χ0v) is 9.36. The molecular weight excluding hydrogens is 190 g/mol. The van der Waals surface area contributed by atoms with E-state index in [2.05, 4.69) is 0 Å². The van der Waals surface area contributed by atoms with Crippen molar-refractivity contribution in [1.82, 2.24) is 0 Å². The zero-order chi connectivity index (χ0) is 11.3. The van der Waals surface area contributed by atoms with Gasteiger partial charge in [0.25, 0.3) is 0 Å². The molecule has 1 unspecified atom stereocenters. The van der Waals surface area contributed by atoms with Gasteiger partial charge in [-0.2, -0.15) is 0 Å². The van der Waals surface area contributed by atoms with Crippen molar-refractivity contribution in [2.75, 3.05) is 20.3 Å². The quantitative estimate of drug-likeness (QED) is 0.768. The van der Waals surface area contributed by atoms with E-state index in [0.29, 0.717) is 6.54 Å². The Labute approximate surface area is 90.9 Å². The molecule has 0 aliphatic rings. The summed E-state index contributed by atoms with van der Waals surface area (Å²) in [4.78, 5) is 0. The summed E-state index contributed by atoms with van der Waals surface area (Å²) in [6, 6.07) is 7.75. The van der Waals surface area contributed by atoms with Crippen LogP contribution in [-0.4, -0.2) is 25.4 Å². The molecule has 3 nitrogen and oxygen atoms in total. The molecule has 0 heterocycles. The molecule has 0 spiro atoms. The number of aliphatic hydroxyl groups excluding tert-OH is 1. The molecule has 0 aromatic heterocycles. The maximum absolute atomic E-state index is 9.48. The van der Waals surface area contributed by atoms with Gasteiger partial charge >= 0.3 is 0 Å². The van der Waals surface area contributed by atoms with E-state index in [1.54, 1.807) is 7.11 Å².